The molecule has 0 heterocycles. The molecule has 1 unspecified atom stereocenters. The van der Waals surface area contributed by atoms with E-state index in [1.165, 1.54) is 0 Å². The Kier molecular flexibility index (Phi) is 7.72. The summed E-state index contributed by atoms with van der Waals surface area (Å²) in [5.74, 6) is 0. The molecule has 1 atom stereocenters. The number of hydrogen-bond acceptors (Lipinski definition) is 9. The third kappa shape index (κ3) is 9.29. The maximum atomic E-state index is 10.6. The lowest BCUT2D eigenvalue weighted by Crippen LogP contribution is -2.41. The lowest BCUT2D eigenvalue weighted by Gasteiger charge is -2.21. The van der Waals surface area contributed by atoms with Crippen molar-refractivity contribution in [3.05, 3.63) is 0 Å². The van der Waals surface area contributed by atoms with E-state index < -0.39 is 24.6 Å². The Hall–Kier alpha value is 0.0500. The van der Waals surface area contributed by atoms with Crippen molar-refractivity contribution in [2.45, 2.75) is 10.5 Å². The topological polar surface area (TPSA) is 187 Å². The maximum Gasteiger partial charge on any atom is 0.281 e. The molecule has 0 saturated heterocycles. The van der Waals surface area contributed by atoms with Crippen molar-refractivity contribution < 1.29 is 30.5 Å². The van der Waals surface area contributed by atoms with Crippen molar-refractivity contribution in [1.29, 1.82) is 0 Å². The summed E-state index contributed by atoms with van der Waals surface area (Å²) in [6.45, 7) is -0.146. The Morgan fingerprint density at radius 3 is 1.56 bits per heavy atom. The van der Waals surface area contributed by atoms with Gasteiger partial charge in [0, 0.05) is 16.9 Å². The third-order valence-corrected chi connectivity index (χ3v) is 3.76. The molecule has 0 fully saturated rings. The van der Waals surface area contributed by atoms with Gasteiger partial charge in [0.05, 0.1) is 0 Å². The highest BCUT2D eigenvalue weighted by Gasteiger charge is 2.36. The predicted octanol–water partition coefficient (Wildman–Crippen LogP) is -2.53. The molecular formula is C4H12N2O7S3-2. The van der Waals surface area contributed by atoms with E-state index in [0.717, 1.165) is 0 Å². The number of rotatable bonds is 4. The monoisotopic (exact) mass is 296 g/mol. The van der Waals surface area contributed by atoms with Crippen LogP contribution in [0.2, 0.25) is 0 Å². The second kappa shape index (κ2) is 6.70. The first-order valence-corrected chi connectivity index (χ1v) is 6.85. The average Bonchev–Trinajstić information content (AvgIpc) is 1.99. The van der Waals surface area contributed by atoms with Crippen LogP contribution in [0.1, 0.15) is 6.42 Å². The summed E-state index contributed by atoms with van der Waals surface area (Å²) in [5.41, 5.74) is 10.2. The third-order valence-electron chi connectivity index (χ3n) is 1.33. The van der Waals surface area contributed by atoms with Crippen molar-refractivity contribution in [3.63, 3.8) is 0 Å². The molecule has 0 aliphatic carbocycles. The van der Waals surface area contributed by atoms with Crippen molar-refractivity contribution in [1.82, 2.24) is 0 Å². The molecular weight excluding hydrogens is 284 g/mol. The van der Waals surface area contributed by atoms with E-state index in [2.05, 4.69) is 12.6 Å². The van der Waals surface area contributed by atoms with Crippen LogP contribution in [0.15, 0.2) is 0 Å². The van der Waals surface area contributed by atoms with Gasteiger partial charge in [-0.1, -0.05) is 0 Å². The first kappa shape index (κ1) is 18.4. The minimum absolute atomic E-state index is 0.0332. The van der Waals surface area contributed by atoms with Crippen LogP contribution in [0, 0.1) is 0 Å². The summed E-state index contributed by atoms with van der Waals surface area (Å²) >= 11 is 3.74. The van der Waals surface area contributed by atoms with Crippen molar-refractivity contribution >= 4 is 33.1 Å². The summed E-state index contributed by atoms with van der Waals surface area (Å²) in [6.07, 6.45) is 0.0332. The van der Waals surface area contributed by atoms with Gasteiger partial charge < -0.3 is 20.6 Å². The number of nitrogens with two attached hydrogens (primary N) is 2. The Labute approximate surface area is 98.9 Å². The highest BCUT2D eigenvalue weighted by molar-refractivity contribution is 8.03. The first-order chi connectivity index (χ1) is 6.87. The molecule has 100 valence electrons. The van der Waals surface area contributed by atoms with E-state index in [4.69, 9.17) is 33.5 Å². The molecule has 0 rings (SSSR count). The van der Waals surface area contributed by atoms with Crippen LogP contribution in [0.3, 0.4) is 0 Å². The summed E-state index contributed by atoms with van der Waals surface area (Å²) < 4.78 is 62.4. The molecule has 0 saturated carbocycles. The van der Waals surface area contributed by atoms with E-state index in [-0.39, 0.29) is 19.5 Å². The minimum Gasteiger partial charge on any atom is -0.759 e. The second-order valence-corrected chi connectivity index (χ2v) is 6.28. The molecule has 0 aromatic carbocycles. The van der Waals surface area contributed by atoms with Crippen LogP contribution in [-0.2, 0) is 20.5 Å². The van der Waals surface area contributed by atoms with Crippen LogP contribution >= 0.6 is 12.6 Å². The fraction of sp³-hybridized carbons (Fsp3) is 1.00. The molecule has 0 aromatic heterocycles. The first-order valence-electron chi connectivity index (χ1n) is 3.63. The van der Waals surface area contributed by atoms with Gasteiger partial charge in [0.1, 0.15) is 0 Å². The predicted molar refractivity (Wildman–Crippen MR) is 56.5 cm³/mol. The highest BCUT2D eigenvalue weighted by Crippen LogP contribution is 2.23. The van der Waals surface area contributed by atoms with Crippen LogP contribution in [0.4, 0.5) is 0 Å². The molecule has 0 amide bonds. The fourth-order valence-corrected chi connectivity index (χ4v) is 1.28. The van der Waals surface area contributed by atoms with E-state index >= 15 is 0 Å². The van der Waals surface area contributed by atoms with E-state index in [0.29, 0.717) is 0 Å². The van der Waals surface area contributed by atoms with Gasteiger partial charge in [-0.05, 0) is 13.0 Å². The van der Waals surface area contributed by atoms with E-state index in [1.54, 1.807) is 0 Å². The van der Waals surface area contributed by atoms with Gasteiger partial charge in [0.2, 0.25) is 0 Å². The molecule has 0 aliphatic rings. The van der Waals surface area contributed by atoms with Gasteiger partial charge in [0.25, 0.3) is 10.1 Å². The zero-order valence-electron chi connectivity index (χ0n) is 7.94. The number of thiol groups is 1. The minimum atomic E-state index is -5.17. The Balaban J connectivity index is 0. The van der Waals surface area contributed by atoms with Crippen LogP contribution in [-0.4, -0.2) is 47.7 Å². The average molecular weight is 296 g/mol. The van der Waals surface area contributed by atoms with E-state index in [1.807, 2.05) is 0 Å². The fourth-order valence-electron chi connectivity index (χ4n) is 0.562. The molecule has 0 aromatic rings. The van der Waals surface area contributed by atoms with Crippen LogP contribution < -0.4 is 11.5 Å². The molecule has 0 spiro atoms. The summed E-state index contributed by atoms with van der Waals surface area (Å²) in [7, 11) is -9.38. The molecule has 16 heavy (non-hydrogen) atoms. The van der Waals surface area contributed by atoms with Crippen molar-refractivity contribution in [2.75, 3.05) is 13.1 Å². The second-order valence-electron chi connectivity index (χ2n) is 2.57. The Morgan fingerprint density at radius 2 is 1.50 bits per heavy atom. The maximum absolute atomic E-state index is 10.6. The summed E-state index contributed by atoms with van der Waals surface area (Å²) in [4.78, 5) is 0. The highest BCUT2D eigenvalue weighted by atomic mass is 32.3. The van der Waals surface area contributed by atoms with Crippen LogP contribution in [0.25, 0.3) is 0 Å². The molecule has 0 radical (unpaired) electrons. The van der Waals surface area contributed by atoms with Gasteiger partial charge in [-0.25, -0.2) is 0 Å². The zero-order chi connectivity index (χ0) is 13.6. The van der Waals surface area contributed by atoms with Crippen LogP contribution in [0.5, 0.6) is 0 Å². The van der Waals surface area contributed by atoms with Gasteiger partial charge in [-0.2, -0.15) is 21.0 Å². The van der Waals surface area contributed by atoms with Crippen molar-refractivity contribution in [2.24, 2.45) is 11.5 Å². The number of hydrogen-bond donors (Lipinski definition) is 4. The van der Waals surface area contributed by atoms with Gasteiger partial charge >= 0.3 is 0 Å². The molecule has 12 heteroatoms. The smallest absolute Gasteiger partial charge is 0.281 e. The Morgan fingerprint density at radius 1 is 1.19 bits per heavy atom. The van der Waals surface area contributed by atoms with E-state index in [9.17, 15) is 8.42 Å². The quantitative estimate of drug-likeness (QED) is 0.246. The van der Waals surface area contributed by atoms with Crippen molar-refractivity contribution in [3.8, 4) is 0 Å². The molecule has 0 aliphatic heterocycles. The molecule has 0 bridgehead atoms. The lowest BCUT2D eigenvalue weighted by molar-refractivity contribution is 0.352. The normalized spacial score (nSPS) is 15.9. The summed E-state index contributed by atoms with van der Waals surface area (Å²) in [6, 6.07) is 0. The zero-order valence-corrected chi connectivity index (χ0v) is 10.5. The Bertz CT molecular complexity index is 382. The summed E-state index contributed by atoms with van der Waals surface area (Å²) in [5, 5.41) is 0. The largest absolute Gasteiger partial charge is 0.759 e. The van der Waals surface area contributed by atoms with Gasteiger partial charge in [0.15, 0.2) is 4.08 Å². The SMILES string of the molecule is NCCC(S)(CN)S(=O)(=O)O.O=S(=O)([O-])[O-]. The van der Waals surface area contributed by atoms with Gasteiger partial charge in [-0.3, -0.25) is 13.0 Å². The lowest BCUT2D eigenvalue weighted by atomic mass is 10.3. The standard InChI is InChI=1S/C4H12N2O3S2.H2O4S/c5-2-1-4(10,3-6)11(7,8)9;1-5(2,3)4/h10H,1-3,5-6H2,(H,7,8,9);(H2,1,2,3,4)/p-2. The molecule has 5 N–H and O–H groups in total. The van der Waals surface area contributed by atoms with Gasteiger partial charge in [-0.15, -0.1) is 0 Å². The molecule has 9 nitrogen and oxygen atoms in total.